The number of carbonyl (C=O) groups excluding carboxylic acids is 1. The number of nitrogens with two attached hydrogens (primary N) is 1. The maximum atomic E-state index is 12.3. The van der Waals surface area contributed by atoms with Crippen molar-refractivity contribution in [3.63, 3.8) is 0 Å². The molecule has 3 rings (SSSR count). The van der Waals surface area contributed by atoms with Crippen molar-refractivity contribution < 1.29 is 14.3 Å². The number of rotatable bonds is 1. The van der Waals surface area contributed by atoms with Crippen LogP contribution in [-0.4, -0.2) is 42.2 Å². The Labute approximate surface area is 144 Å². The molecule has 2 aliphatic heterocycles. The number of ether oxygens (including phenoxy) is 2. The van der Waals surface area contributed by atoms with Crippen LogP contribution in [0.25, 0.3) is 0 Å². The molecular weight excluding hydrogens is 304 g/mol. The Morgan fingerprint density at radius 2 is 2.00 bits per heavy atom. The first-order valence-electron chi connectivity index (χ1n) is 8.68. The van der Waals surface area contributed by atoms with Crippen LogP contribution in [0.5, 0.6) is 5.75 Å². The number of carbonyl (C=O) groups is 1. The first kappa shape index (κ1) is 17.2. The first-order valence-corrected chi connectivity index (χ1v) is 8.68. The number of likely N-dealkylation sites (tertiary alicyclic amines) is 1. The van der Waals surface area contributed by atoms with Gasteiger partial charge in [-0.15, -0.1) is 0 Å². The Kier molecular flexibility index (Phi) is 4.34. The number of esters is 1. The molecule has 132 valence electrons. The summed E-state index contributed by atoms with van der Waals surface area (Å²) >= 11 is 0. The van der Waals surface area contributed by atoms with Crippen LogP contribution in [0.1, 0.15) is 62.0 Å². The highest BCUT2D eigenvalue weighted by Gasteiger charge is 2.42. The van der Waals surface area contributed by atoms with E-state index >= 15 is 0 Å². The van der Waals surface area contributed by atoms with Crippen molar-refractivity contribution >= 4 is 5.97 Å². The van der Waals surface area contributed by atoms with E-state index in [4.69, 9.17) is 15.2 Å². The molecule has 0 aliphatic carbocycles. The van der Waals surface area contributed by atoms with Crippen LogP contribution >= 0.6 is 0 Å². The second-order valence-corrected chi connectivity index (χ2v) is 8.15. The molecule has 1 spiro atoms. The zero-order valence-electron chi connectivity index (χ0n) is 15.1. The van der Waals surface area contributed by atoms with Crippen LogP contribution in [0.4, 0.5) is 0 Å². The summed E-state index contributed by atoms with van der Waals surface area (Å²) in [6.45, 7) is 7.64. The van der Waals surface area contributed by atoms with Crippen molar-refractivity contribution in [3.05, 3.63) is 29.3 Å². The highest BCUT2D eigenvalue weighted by Crippen LogP contribution is 2.43. The van der Waals surface area contributed by atoms with Gasteiger partial charge < -0.3 is 20.1 Å². The van der Waals surface area contributed by atoms with Gasteiger partial charge in [0.15, 0.2) is 0 Å². The topological polar surface area (TPSA) is 64.8 Å². The Hall–Kier alpha value is -1.59. The van der Waals surface area contributed by atoms with Gasteiger partial charge in [-0.05, 0) is 58.9 Å². The standard InChI is InChI=1S/C19H28N2O3/c1-18(2,3)24-17(22)13-5-6-16-14(11-13)15(20)12-19(23-16)7-9-21(4)10-8-19/h5-6,11,15H,7-10,12,20H2,1-4H3. The van der Waals surface area contributed by atoms with Crippen molar-refractivity contribution in [2.45, 2.75) is 57.3 Å². The zero-order valence-corrected chi connectivity index (χ0v) is 15.1. The third kappa shape index (κ3) is 3.57. The van der Waals surface area contributed by atoms with Gasteiger partial charge in [0.25, 0.3) is 0 Å². The second-order valence-electron chi connectivity index (χ2n) is 8.15. The van der Waals surface area contributed by atoms with Crippen LogP contribution < -0.4 is 10.5 Å². The van der Waals surface area contributed by atoms with Gasteiger partial charge in [-0.2, -0.15) is 0 Å². The van der Waals surface area contributed by atoms with E-state index in [1.807, 2.05) is 32.9 Å². The summed E-state index contributed by atoms with van der Waals surface area (Å²) in [5.74, 6) is 0.489. The average Bonchev–Trinajstić information content (AvgIpc) is 2.48. The van der Waals surface area contributed by atoms with E-state index in [-0.39, 0.29) is 17.6 Å². The minimum Gasteiger partial charge on any atom is -0.487 e. The van der Waals surface area contributed by atoms with E-state index in [2.05, 4.69) is 11.9 Å². The van der Waals surface area contributed by atoms with E-state index in [9.17, 15) is 4.79 Å². The molecular formula is C19H28N2O3. The van der Waals surface area contributed by atoms with Gasteiger partial charge in [0.1, 0.15) is 17.0 Å². The van der Waals surface area contributed by atoms with Crippen molar-refractivity contribution in [2.24, 2.45) is 5.73 Å². The van der Waals surface area contributed by atoms with Gasteiger partial charge in [-0.25, -0.2) is 4.79 Å². The molecule has 1 saturated heterocycles. The normalized spacial score (nSPS) is 23.5. The molecule has 0 saturated carbocycles. The SMILES string of the molecule is CN1CCC2(CC1)CC(N)c1cc(C(=O)OC(C)(C)C)ccc1O2. The quantitative estimate of drug-likeness (QED) is 0.801. The highest BCUT2D eigenvalue weighted by atomic mass is 16.6. The van der Waals surface area contributed by atoms with Gasteiger partial charge in [0.05, 0.1) is 5.56 Å². The van der Waals surface area contributed by atoms with E-state index in [1.165, 1.54) is 0 Å². The summed E-state index contributed by atoms with van der Waals surface area (Å²) < 4.78 is 11.8. The van der Waals surface area contributed by atoms with Crippen molar-refractivity contribution in [1.29, 1.82) is 0 Å². The third-order valence-corrected chi connectivity index (χ3v) is 4.86. The third-order valence-electron chi connectivity index (χ3n) is 4.86. The second kappa shape index (κ2) is 6.05. The smallest absolute Gasteiger partial charge is 0.338 e. The molecule has 1 fully saturated rings. The number of hydrogen-bond acceptors (Lipinski definition) is 5. The number of nitrogens with zero attached hydrogens (tertiary/aromatic N) is 1. The maximum Gasteiger partial charge on any atom is 0.338 e. The fourth-order valence-corrected chi connectivity index (χ4v) is 3.51. The Bertz CT molecular complexity index is 628. The average molecular weight is 332 g/mol. The highest BCUT2D eigenvalue weighted by molar-refractivity contribution is 5.90. The summed E-state index contributed by atoms with van der Waals surface area (Å²) in [4.78, 5) is 14.6. The summed E-state index contributed by atoms with van der Waals surface area (Å²) in [7, 11) is 2.14. The number of hydrogen-bond donors (Lipinski definition) is 1. The molecule has 5 heteroatoms. The molecule has 0 amide bonds. The van der Waals surface area contributed by atoms with Gasteiger partial charge >= 0.3 is 5.97 Å². The lowest BCUT2D eigenvalue weighted by molar-refractivity contribution is -0.0164. The van der Waals surface area contributed by atoms with Gasteiger partial charge in [-0.3, -0.25) is 0 Å². The summed E-state index contributed by atoms with van der Waals surface area (Å²) in [6.07, 6.45) is 2.78. The van der Waals surface area contributed by atoms with E-state index in [0.29, 0.717) is 5.56 Å². The fourth-order valence-electron chi connectivity index (χ4n) is 3.51. The van der Waals surface area contributed by atoms with Crippen LogP contribution in [0.15, 0.2) is 18.2 Å². The van der Waals surface area contributed by atoms with Crippen LogP contribution in [0, 0.1) is 0 Å². The Morgan fingerprint density at radius 1 is 1.33 bits per heavy atom. The number of benzene rings is 1. The largest absolute Gasteiger partial charge is 0.487 e. The minimum atomic E-state index is -0.510. The maximum absolute atomic E-state index is 12.3. The molecule has 24 heavy (non-hydrogen) atoms. The lowest BCUT2D eigenvalue weighted by Crippen LogP contribution is -2.50. The van der Waals surface area contributed by atoms with E-state index in [0.717, 1.165) is 43.7 Å². The summed E-state index contributed by atoms with van der Waals surface area (Å²) in [5.41, 5.74) is 7.20. The lowest BCUT2D eigenvalue weighted by atomic mass is 9.80. The molecule has 1 aromatic carbocycles. The molecule has 1 aromatic rings. The molecule has 2 N–H and O–H groups in total. The van der Waals surface area contributed by atoms with E-state index < -0.39 is 5.60 Å². The molecule has 0 bridgehead atoms. The van der Waals surface area contributed by atoms with E-state index in [1.54, 1.807) is 6.07 Å². The fraction of sp³-hybridized carbons (Fsp3) is 0.632. The molecule has 1 atom stereocenters. The first-order chi connectivity index (χ1) is 11.2. The van der Waals surface area contributed by atoms with Crippen LogP contribution in [0.2, 0.25) is 0 Å². The van der Waals surface area contributed by atoms with Crippen molar-refractivity contribution in [2.75, 3.05) is 20.1 Å². The van der Waals surface area contributed by atoms with Gasteiger partial charge in [-0.1, -0.05) is 0 Å². The lowest BCUT2D eigenvalue weighted by Gasteiger charge is -2.45. The predicted octanol–water partition coefficient (Wildman–Crippen LogP) is 2.89. The molecule has 0 radical (unpaired) electrons. The van der Waals surface area contributed by atoms with Gasteiger partial charge in [0.2, 0.25) is 0 Å². The van der Waals surface area contributed by atoms with Crippen LogP contribution in [0.3, 0.4) is 0 Å². The van der Waals surface area contributed by atoms with Crippen LogP contribution in [-0.2, 0) is 4.74 Å². The molecule has 1 unspecified atom stereocenters. The number of fused-ring (bicyclic) bond motifs is 1. The number of piperidine rings is 1. The van der Waals surface area contributed by atoms with Crippen molar-refractivity contribution in [1.82, 2.24) is 4.90 Å². The summed E-state index contributed by atoms with van der Waals surface area (Å²) in [5, 5.41) is 0. The van der Waals surface area contributed by atoms with Gasteiger partial charge in [0, 0.05) is 31.1 Å². The summed E-state index contributed by atoms with van der Waals surface area (Å²) in [6, 6.07) is 5.36. The molecule has 2 heterocycles. The minimum absolute atomic E-state index is 0.112. The molecule has 5 nitrogen and oxygen atoms in total. The molecule has 2 aliphatic rings. The molecule has 0 aromatic heterocycles. The predicted molar refractivity (Wildman–Crippen MR) is 93.2 cm³/mol. The van der Waals surface area contributed by atoms with Crippen molar-refractivity contribution in [3.8, 4) is 5.75 Å². The Balaban J connectivity index is 1.82. The zero-order chi connectivity index (χ0) is 17.5. The monoisotopic (exact) mass is 332 g/mol. The Morgan fingerprint density at radius 3 is 2.62 bits per heavy atom.